The highest BCUT2D eigenvalue weighted by molar-refractivity contribution is 5.88. The number of ether oxygens (including phenoxy) is 1. The predicted octanol–water partition coefficient (Wildman–Crippen LogP) is 3.10. The van der Waals surface area contributed by atoms with Gasteiger partial charge in [0, 0.05) is 11.8 Å². The Morgan fingerprint density at radius 2 is 2.00 bits per heavy atom. The smallest absolute Gasteiger partial charge is 0.335 e. The fraction of sp³-hybridized carbons (Fsp3) is 0.143. The zero-order valence-corrected chi connectivity index (χ0v) is 11.4. The number of carboxylic acid groups (broad SMARTS) is 1. The summed E-state index contributed by atoms with van der Waals surface area (Å²) in [5.74, 6) is -1.05. The van der Waals surface area contributed by atoms with E-state index in [-0.39, 0.29) is 22.9 Å². The summed E-state index contributed by atoms with van der Waals surface area (Å²) < 4.78 is 5.46. The number of benzene rings is 1. The van der Waals surface area contributed by atoms with Crippen molar-refractivity contribution in [3.05, 3.63) is 57.3 Å². The summed E-state index contributed by atoms with van der Waals surface area (Å²) in [5.41, 5.74) is 0.859. The van der Waals surface area contributed by atoms with Crippen LogP contribution in [0.1, 0.15) is 21.5 Å². The third kappa shape index (κ3) is 2.97. The summed E-state index contributed by atoms with van der Waals surface area (Å²) in [5, 5.41) is 20.1. The van der Waals surface area contributed by atoms with E-state index in [2.05, 4.69) is 4.98 Å². The Morgan fingerprint density at radius 3 is 2.62 bits per heavy atom. The number of aryl methyl sites for hydroxylation is 2. The minimum Gasteiger partial charge on any atom is -0.478 e. The molecule has 21 heavy (non-hydrogen) atoms. The van der Waals surface area contributed by atoms with E-state index in [1.165, 1.54) is 24.4 Å². The Balaban J connectivity index is 2.48. The zero-order chi connectivity index (χ0) is 15.6. The Morgan fingerprint density at radius 1 is 1.29 bits per heavy atom. The summed E-state index contributed by atoms with van der Waals surface area (Å²) in [6.07, 6.45) is 1.40. The van der Waals surface area contributed by atoms with Gasteiger partial charge in [-0.1, -0.05) is 6.07 Å². The van der Waals surface area contributed by atoms with Gasteiger partial charge in [-0.25, -0.2) is 9.78 Å². The van der Waals surface area contributed by atoms with E-state index in [9.17, 15) is 14.9 Å². The molecule has 0 unspecified atom stereocenters. The molecule has 0 aliphatic heterocycles. The van der Waals surface area contributed by atoms with Crippen molar-refractivity contribution in [3.8, 4) is 11.6 Å². The first-order valence-electron chi connectivity index (χ1n) is 6.02. The quantitative estimate of drug-likeness (QED) is 0.685. The molecule has 0 fully saturated rings. The molecule has 0 amide bonds. The molecule has 0 aliphatic carbocycles. The van der Waals surface area contributed by atoms with Crippen LogP contribution in [0, 0.1) is 24.0 Å². The lowest BCUT2D eigenvalue weighted by Gasteiger charge is -2.09. The fourth-order valence-corrected chi connectivity index (χ4v) is 1.77. The Kier molecular flexibility index (Phi) is 3.84. The molecular formula is C14H12N2O5. The molecule has 2 rings (SSSR count). The van der Waals surface area contributed by atoms with Crippen molar-refractivity contribution in [1.82, 2.24) is 4.98 Å². The van der Waals surface area contributed by atoms with Crippen molar-refractivity contribution in [2.24, 2.45) is 0 Å². The van der Waals surface area contributed by atoms with Crippen molar-refractivity contribution < 1.29 is 19.6 Å². The molecule has 1 heterocycles. The van der Waals surface area contributed by atoms with Crippen LogP contribution in [0.15, 0.2) is 30.5 Å². The normalized spacial score (nSPS) is 10.2. The largest absolute Gasteiger partial charge is 0.478 e. The van der Waals surface area contributed by atoms with Crippen LogP contribution in [0.25, 0.3) is 0 Å². The Bertz CT molecular complexity index is 727. The monoisotopic (exact) mass is 288 g/mol. The number of aromatic carboxylic acids is 1. The molecule has 7 heteroatoms. The maximum absolute atomic E-state index is 11.1. The van der Waals surface area contributed by atoms with E-state index >= 15 is 0 Å². The number of carbonyl (C=O) groups is 1. The number of rotatable bonds is 4. The van der Waals surface area contributed by atoms with Crippen LogP contribution in [-0.2, 0) is 0 Å². The zero-order valence-electron chi connectivity index (χ0n) is 11.4. The maximum Gasteiger partial charge on any atom is 0.335 e. The van der Waals surface area contributed by atoms with Crippen LogP contribution in [0.4, 0.5) is 5.69 Å². The SMILES string of the molecule is Cc1ccc(C(=O)O)cc1Oc1nccc(C)c1[N+](=O)[O-]. The molecule has 1 aromatic heterocycles. The first-order chi connectivity index (χ1) is 9.90. The van der Waals surface area contributed by atoms with E-state index in [0.29, 0.717) is 11.1 Å². The summed E-state index contributed by atoms with van der Waals surface area (Å²) >= 11 is 0. The summed E-state index contributed by atoms with van der Waals surface area (Å²) in [4.78, 5) is 25.3. The first-order valence-corrected chi connectivity index (χ1v) is 6.02. The number of hydrogen-bond donors (Lipinski definition) is 1. The number of pyridine rings is 1. The molecule has 0 saturated heterocycles. The average molecular weight is 288 g/mol. The number of nitro groups is 1. The van der Waals surface area contributed by atoms with Crippen LogP contribution >= 0.6 is 0 Å². The van der Waals surface area contributed by atoms with Gasteiger partial charge in [-0.3, -0.25) is 10.1 Å². The fourth-order valence-electron chi connectivity index (χ4n) is 1.77. The van der Waals surface area contributed by atoms with E-state index in [0.717, 1.165) is 0 Å². The maximum atomic E-state index is 11.1. The highest BCUT2D eigenvalue weighted by atomic mass is 16.6. The number of nitrogens with zero attached hydrogens (tertiary/aromatic N) is 2. The Hall–Kier alpha value is -2.96. The van der Waals surface area contributed by atoms with Crippen molar-refractivity contribution in [1.29, 1.82) is 0 Å². The molecular weight excluding hydrogens is 276 g/mol. The molecule has 7 nitrogen and oxygen atoms in total. The van der Waals surface area contributed by atoms with Gasteiger partial charge in [0.15, 0.2) is 0 Å². The van der Waals surface area contributed by atoms with Gasteiger partial charge in [-0.2, -0.15) is 0 Å². The average Bonchev–Trinajstić information content (AvgIpc) is 2.40. The third-order valence-corrected chi connectivity index (χ3v) is 2.92. The Labute approximate surface area is 120 Å². The molecule has 0 atom stereocenters. The van der Waals surface area contributed by atoms with Gasteiger partial charge in [0.25, 0.3) is 5.88 Å². The van der Waals surface area contributed by atoms with Gasteiger partial charge in [-0.15, -0.1) is 0 Å². The van der Waals surface area contributed by atoms with Crippen molar-refractivity contribution in [2.45, 2.75) is 13.8 Å². The molecule has 0 bridgehead atoms. The number of aromatic nitrogens is 1. The highest BCUT2D eigenvalue weighted by Crippen LogP contribution is 2.33. The van der Waals surface area contributed by atoms with Crippen molar-refractivity contribution in [3.63, 3.8) is 0 Å². The van der Waals surface area contributed by atoms with Gasteiger partial charge >= 0.3 is 11.7 Å². The topological polar surface area (TPSA) is 103 Å². The van der Waals surface area contributed by atoms with Crippen molar-refractivity contribution >= 4 is 11.7 Å². The van der Waals surface area contributed by atoms with Crippen molar-refractivity contribution in [2.75, 3.05) is 0 Å². The lowest BCUT2D eigenvalue weighted by molar-refractivity contribution is -0.386. The minimum atomic E-state index is -1.11. The second kappa shape index (κ2) is 5.58. The van der Waals surface area contributed by atoms with Gasteiger partial charge in [0.2, 0.25) is 0 Å². The lowest BCUT2D eigenvalue weighted by atomic mass is 10.1. The molecule has 108 valence electrons. The molecule has 0 radical (unpaired) electrons. The molecule has 0 aliphatic rings. The number of carboxylic acids is 1. The minimum absolute atomic E-state index is 0.0332. The lowest BCUT2D eigenvalue weighted by Crippen LogP contribution is -2.01. The second-order valence-corrected chi connectivity index (χ2v) is 4.43. The van der Waals surface area contributed by atoms with Crippen LogP contribution in [0.5, 0.6) is 11.6 Å². The van der Waals surface area contributed by atoms with Crippen LogP contribution in [-0.4, -0.2) is 21.0 Å². The van der Waals surface area contributed by atoms with Gasteiger partial charge in [-0.05, 0) is 37.6 Å². The van der Waals surface area contributed by atoms with Gasteiger partial charge in [0.05, 0.1) is 10.5 Å². The standard InChI is InChI=1S/C14H12N2O5/c1-8-3-4-10(14(17)18)7-11(8)21-13-12(16(19)20)9(2)5-6-15-13/h3-7H,1-2H3,(H,17,18). The van der Waals surface area contributed by atoms with E-state index in [1.54, 1.807) is 19.9 Å². The van der Waals surface area contributed by atoms with Gasteiger partial charge < -0.3 is 9.84 Å². The van der Waals surface area contributed by atoms with Crippen LogP contribution < -0.4 is 4.74 Å². The third-order valence-electron chi connectivity index (χ3n) is 2.92. The van der Waals surface area contributed by atoms with Gasteiger partial charge in [0.1, 0.15) is 5.75 Å². The molecule has 2 aromatic rings. The molecule has 0 saturated carbocycles. The van der Waals surface area contributed by atoms with E-state index < -0.39 is 10.9 Å². The molecule has 1 aromatic carbocycles. The van der Waals surface area contributed by atoms with Crippen LogP contribution in [0.2, 0.25) is 0 Å². The first kappa shape index (κ1) is 14.4. The highest BCUT2D eigenvalue weighted by Gasteiger charge is 2.21. The summed E-state index contributed by atoms with van der Waals surface area (Å²) in [7, 11) is 0. The molecule has 1 N–H and O–H groups in total. The number of hydrogen-bond acceptors (Lipinski definition) is 5. The van der Waals surface area contributed by atoms with Crippen LogP contribution in [0.3, 0.4) is 0 Å². The summed E-state index contributed by atoms with van der Waals surface area (Å²) in [6.45, 7) is 3.29. The van der Waals surface area contributed by atoms with E-state index in [1.807, 2.05) is 0 Å². The van der Waals surface area contributed by atoms with E-state index in [4.69, 9.17) is 9.84 Å². The molecule has 0 spiro atoms. The second-order valence-electron chi connectivity index (χ2n) is 4.43. The predicted molar refractivity (Wildman–Crippen MR) is 73.8 cm³/mol. The summed E-state index contributed by atoms with van der Waals surface area (Å²) in [6, 6.07) is 5.82.